The fourth-order valence-electron chi connectivity index (χ4n) is 3.88. The number of carbonyl (C=O) groups excluding carboxylic acids is 2. The third-order valence-corrected chi connectivity index (χ3v) is 5.06. The van der Waals surface area contributed by atoms with E-state index in [1.807, 2.05) is 43.9 Å². The van der Waals surface area contributed by atoms with E-state index in [4.69, 9.17) is 9.47 Å². The summed E-state index contributed by atoms with van der Waals surface area (Å²) >= 11 is 0. The Hall–Kier alpha value is -2.28. The van der Waals surface area contributed by atoms with Crippen molar-refractivity contribution < 1.29 is 19.1 Å². The van der Waals surface area contributed by atoms with Gasteiger partial charge in [0.05, 0.1) is 32.3 Å². The van der Waals surface area contributed by atoms with Gasteiger partial charge in [0.25, 0.3) is 0 Å². The molecule has 2 amide bonds. The standard InChI is InChI=1S/C22H33N3O4/c1-22(2,3)23-20(26)14-24(4)15-21(27)25-10-5-7-17(25)16-8-9-18-19(13-16)29-12-6-11-28-18/h8-9,13,17H,5-7,10-12,14-15H2,1-4H3,(H,23,26)/t17-/m1/s1. The van der Waals surface area contributed by atoms with Gasteiger partial charge in [-0.05, 0) is 58.4 Å². The Morgan fingerprint density at radius 1 is 1.14 bits per heavy atom. The number of carbonyl (C=O) groups is 2. The molecule has 1 aromatic rings. The van der Waals surface area contributed by atoms with Crippen LogP contribution in [0.4, 0.5) is 0 Å². The summed E-state index contributed by atoms with van der Waals surface area (Å²) in [5.74, 6) is 1.50. The molecule has 3 rings (SSSR count). The third-order valence-electron chi connectivity index (χ3n) is 5.06. The Balaban J connectivity index is 1.62. The molecule has 0 saturated carbocycles. The molecule has 1 saturated heterocycles. The molecule has 1 aromatic carbocycles. The molecule has 29 heavy (non-hydrogen) atoms. The van der Waals surface area contributed by atoms with Crippen LogP contribution in [0.1, 0.15) is 51.6 Å². The van der Waals surface area contributed by atoms with Crippen LogP contribution in [0, 0.1) is 0 Å². The number of hydrogen-bond donors (Lipinski definition) is 1. The summed E-state index contributed by atoms with van der Waals surface area (Å²) in [7, 11) is 1.80. The molecule has 0 aliphatic carbocycles. The van der Waals surface area contributed by atoms with Crippen molar-refractivity contribution in [2.24, 2.45) is 0 Å². The topological polar surface area (TPSA) is 71.1 Å². The Bertz CT molecular complexity index is 744. The lowest BCUT2D eigenvalue weighted by atomic mass is 10.0. The van der Waals surface area contributed by atoms with Gasteiger partial charge in [-0.1, -0.05) is 6.07 Å². The minimum Gasteiger partial charge on any atom is -0.490 e. The highest BCUT2D eigenvalue weighted by Gasteiger charge is 2.31. The molecule has 2 heterocycles. The van der Waals surface area contributed by atoms with Crippen molar-refractivity contribution in [2.75, 3.05) is 39.9 Å². The highest BCUT2D eigenvalue weighted by atomic mass is 16.5. The summed E-state index contributed by atoms with van der Waals surface area (Å²) in [6.07, 6.45) is 2.77. The van der Waals surface area contributed by atoms with Gasteiger partial charge in [-0.2, -0.15) is 0 Å². The lowest BCUT2D eigenvalue weighted by molar-refractivity contribution is -0.133. The molecule has 0 aromatic heterocycles. The van der Waals surface area contributed by atoms with E-state index >= 15 is 0 Å². The van der Waals surface area contributed by atoms with Crippen molar-refractivity contribution >= 4 is 11.8 Å². The summed E-state index contributed by atoms with van der Waals surface area (Å²) in [6, 6.07) is 6.03. The van der Waals surface area contributed by atoms with Crippen molar-refractivity contribution in [3.63, 3.8) is 0 Å². The fourth-order valence-corrected chi connectivity index (χ4v) is 3.88. The number of benzene rings is 1. The second-order valence-corrected chi connectivity index (χ2v) is 8.97. The Morgan fingerprint density at radius 3 is 2.59 bits per heavy atom. The van der Waals surface area contributed by atoms with Crippen LogP contribution in [0.5, 0.6) is 11.5 Å². The number of amides is 2. The molecule has 7 nitrogen and oxygen atoms in total. The highest BCUT2D eigenvalue weighted by Crippen LogP contribution is 2.37. The monoisotopic (exact) mass is 403 g/mol. The molecule has 1 N–H and O–H groups in total. The largest absolute Gasteiger partial charge is 0.490 e. The fraction of sp³-hybridized carbons (Fsp3) is 0.636. The van der Waals surface area contributed by atoms with Gasteiger partial charge in [-0.25, -0.2) is 0 Å². The predicted octanol–water partition coefficient (Wildman–Crippen LogP) is 2.36. The van der Waals surface area contributed by atoms with E-state index in [2.05, 4.69) is 5.32 Å². The number of likely N-dealkylation sites (tertiary alicyclic amines) is 1. The number of rotatable bonds is 5. The second-order valence-electron chi connectivity index (χ2n) is 8.97. The number of fused-ring (bicyclic) bond motifs is 1. The lowest BCUT2D eigenvalue weighted by Crippen LogP contribution is -2.47. The van der Waals surface area contributed by atoms with Gasteiger partial charge >= 0.3 is 0 Å². The average Bonchev–Trinajstić information content (AvgIpc) is 2.98. The van der Waals surface area contributed by atoms with Crippen molar-refractivity contribution in [2.45, 2.75) is 51.6 Å². The lowest BCUT2D eigenvalue weighted by Gasteiger charge is -2.28. The van der Waals surface area contributed by atoms with E-state index in [1.54, 1.807) is 11.9 Å². The van der Waals surface area contributed by atoms with Gasteiger partial charge < -0.3 is 19.7 Å². The number of nitrogens with one attached hydrogen (secondary N) is 1. The summed E-state index contributed by atoms with van der Waals surface area (Å²) in [4.78, 5) is 28.8. The first kappa shape index (κ1) is 21.4. The van der Waals surface area contributed by atoms with E-state index in [-0.39, 0.29) is 36.5 Å². The summed E-state index contributed by atoms with van der Waals surface area (Å²) in [5.41, 5.74) is 0.798. The Morgan fingerprint density at radius 2 is 1.86 bits per heavy atom. The quantitative estimate of drug-likeness (QED) is 0.817. The third kappa shape index (κ3) is 5.85. The van der Waals surface area contributed by atoms with Gasteiger partial charge in [-0.3, -0.25) is 14.5 Å². The maximum Gasteiger partial charge on any atom is 0.237 e. The minimum atomic E-state index is -0.279. The first-order chi connectivity index (χ1) is 13.7. The maximum atomic E-state index is 12.9. The molecule has 160 valence electrons. The first-order valence-corrected chi connectivity index (χ1v) is 10.4. The van der Waals surface area contributed by atoms with Gasteiger partial charge in [0.15, 0.2) is 11.5 Å². The van der Waals surface area contributed by atoms with E-state index in [9.17, 15) is 9.59 Å². The minimum absolute atomic E-state index is 0.0384. The van der Waals surface area contributed by atoms with Crippen LogP contribution in [0.15, 0.2) is 18.2 Å². The summed E-state index contributed by atoms with van der Waals surface area (Å²) in [6.45, 7) is 8.30. The van der Waals surface area contributed by atoms with Crippen LogP contribution in [0.3, 0.4) is 0 Å². The number of likely N-dealkylation sites (N-methyl/N-ethyl adjacent to an activating group) is 1. The molecule has 0 spiro atoms. The van der Waals surface area contributed by atoms with Gasteiger partial charge in [-0.15, -0.1) is 0 Å². The Kier molecular flexibility index (Phi) is 6.67. The molecule has 1 atom stereocenters. The van der Waals surface area contributed by atoms with Crippen molar-refractivity contribution in [1.82, 2.24) is 15.1 Å². The van der Waals surface area contributed by atoms with E-state index in [0.29, 0.717) is 13.2 Å². The van der Waals surface area contributed by atoms with Crippen LogP contribution in [0.25, 0.3) is 0 Å². The average molecular weight is 404 g/mol. The van der Waals surface area contributed by atoms with Crippen LogP contribution in [-0.2, 0) is 9.59 Å². The zero-order chi connectivity index (χ0) is 21.0. The molecular formula is C22H33N3O4. The van der Waals surface area contributed by atoms with Crippen LogP contribution < -0.4 is 14.8 Å². The molecule has 0 bridgehead atoms. The zero-order valence-electron chi connectivity index (χ0n) is 18.0. The van der Waals surface area contributed by atoms with E-state index in [0.717, 1.165) is 42.9 Å². The van der Waals surface area contributed by atoms with Gasteiger partial charge in [0.2, 0.25) is 11.8 Å². The normalized spacial score (nSPS) is 19.2. The maximum absolute atomic E-state index is 12.9. The second kappa shape index (κ2) is 9.03. The van der Waals surface area contributed by atoms with Gasteiger partial charge in [0.1, 0.15) is 0 Å². The van der Waals surface area contributed by atoms with Crippen LogP contribution >= 0.6 is 0 Å². The summed E-state index contributed by atoms with van der Waals surface area (Å²) in [5, 5.41) is 2.93. The SMILES string of the molecule is CN(CC(=O)NC(C)(C)C)CC(=O)N1CCC[C@@H]1c1ccc2c(c1)OCCCO2. The van der Waals surface area contributed by atoms with Crippen LogP contribution in [-0.4, -0.2) is 67.0 Å². The highest BCUT2D eigenvalue weighted by molar-refractivity contribution is 5.82. The zero-order valence-corrected chi connectivity index (χ0v) is 18.0. The predicted molar refractivity (Wildman–Crippen MR) is 111 cm³/mol. The smallest absolute Gasteiger partial charge is 0.237 e. The Labute approximate surface area is 173 Å². The van der Waals surface area contributed by atoms with Crippen molar-refractivity contribution in [3.05, 3.63) is 23.8 Å². The van der Waals surface area contributed by atoms with Gasteiger partial charge in [0, 0.05) is 18.5 Å². The first-order valence-electron chi connectivity index (χ1n) is 10.4. The van der Waals surface area contributed by atoms with E-state index in [1.165, 1.54) is 0 Å². The number of ether oxygens (including phenoxy) is 2. The van der Waals surface area contributed by atoms with Crippen LogP contribution in [0.2, 0.25) is 0 Å². The number of hydrogen-bond acceptors (Lipinski definition) is 5. The van der Waals surface area contributed by atoms with Crippen molar-refractivity contribution in [3.8, 4) is 11.5 Å². The molecular weight excluding hydrogens is 370 g/mol. The summed E-state index contributed by atoms with van der Waals surface area (Å²) < 4.78 is 11.5. The molecule has 0 radical (unpaired) electrons. The molecule has 2 aliphatic rings. The molecule has 1 fully saturated rings. The van der Waals surface area contributed by atoms with Crippen molar-refractivity contribution in [1.29, 1.82) is 0 Å². The molecule has 2 aliphatic heterocycles. The van der Waals surface area contributed by atoms with E-state index < -0.39 is 0 Å². The molecule has 0 unspecified atom stereocenters. The number of nitrogens with zero attached hydrogens (tertiary/aromatic N) is 2. The molecule has 7 heteroatoms.